The highest BCUT2D eigenvalue weighted by molar-refractivity contribution is 9.10. The van der Waals surface area contributed by atoms with Crippen molar-refractivity contribution in [1.29, 1.82) is 0 Å². The number of hydrogen-bond donors (Lipinski definition) is 2. The van der Waals surface area contributed by atoms with Gasteiger partial charge in [0.25, 0.3) is 11.8 Å². The smallest absolute Gasteiger partial charge is 0.345 e. The largest absolute Gasteiger partial charge is 0.422 e. The number of esters is 1. The molecule has 0 aliphatic rings. The van der Waals surface area contributed by atoms with Crippen LogP contribution in [0.1, 0.15) is 36.6 Å². The maximum Gasteiger partial charge on any atom is 0.345 e. The van der Waals surface area contributed by atoms with E-state index in [4.69, 9.17) is 51.1 Å². The summed E-state index contributed by atoms with van der Waals surface area (Å²) in [5.41, 5.74) is 3.97. The molecule has 0 bridgehead atoms. The zero-order valence-corrected chi connectivity index (χ0v) is 24.7. The fourth-order valence-electron chi connectivity index (χ4n) is 3.32. The number of hydrazone groups is 1. The van der Waals surface area contributed by atoms with E-state index in [2.05, 4.69) is 31.8 Å². The second-order valence-corrected chi connectivity index (χ2v) is 10.7. The highest BCUT2D eigenvalue weighted by atomic mass is 79.9. The molecule has 2 N–H and O–H groups in total. The summed E-state index contributed by atoms with van der Waals surface area (Å²) in [6.07, 6.45) is 1.33. The van der Waals surface area contributed by atoms with Crippen molar-refractivity contribution in [3.05, 3.63) is 126 Å². The van der Waals surface area contributed by atoms with E-state index in [9.17, 15) is 14.4 Å². The number of amides is 2. The first-order valence-corrected chi connectivity index (χ1v) is 13.6. The molecule has 0 atom stereocenters. The van der Waals surface area contributed by atoms with Crippen molar-refractivity contribution in [3.63, 3.8) is 0 Å². The van der Waals surface area contributed by atoms with Gasteiger partial charge < -0.3 is 10.1 Å². The molecule has 7 nitrogen and oxygen atoms in total. The molecule has 4 rings (SSSR count). The molecule has 0 aromatic heterocycles. The van der Waals surface area contributed by atoms with E-state index < -0.39 is 17.8 Å². The Morgan fingerprint density at radius 2 is 1.38 bits per heavy atom. The third kappa shape index (κ3) is 7.62. The van der Waals surface area contributed by atoms with E-state index in [0.29, 0.717) is 25.8 Å². The number of hydrogen-bond acceptors (Lipinski definition) is 5. The Morgan fingerprint density at radius 3 is 2.00 bits per heavy atom. The summed E-state index contributed by atoms with van der Waals surface area (Å²) in [5.74, 6) is -1.42. The van der Waals surface area contributed by atoms with Crippen molar-refractivity contribution >= 4 is 92.0 Å². The summed E-state index contributed by atoms with van der Waals surface area (Å²) in [4.78, 5) is 37.7. The minimum atomic E-state index is -0.687. The summed E-state index contributed by atoms with van der Waals surface area (Å²) in [6, 6.07) is 20.1. The zero-order valence-electron chi connectivity index (χ0n) is 20.1. The average molecular weight is 680 g/mol. The second-order valence-electron chi connectivity index (χ2n) is 8.05. The Labute approximate surface area is 257 Å². The molecule has 0 unspecified atom stereocenters. The molecule has 202 valence electrons. The highest BCUT2D eigenvalue weighted by Gasteiger charge is 2.16. The topological polar surface area (TPSA) is 96.9 Å². The number of nitrogens with zero attached hydrogens (tertiary/aromatic N) is 1. The van der Waals surface area contributed by atoms with Crippen molar-refractivity contribution < 1.29 is 19.1 Å². The van der Waals surface area contributed by atoms with Crippen LogP contribution in [0.4, 0.5) is 5.69 Å². The minimum absolute atomic E-state index is 0.140. The van der Waals surface area contributed by atoms with E-state index in [1.165, 1.54) is 48.7 Å². The number of rotatable bonds is 7. The molecule has 0 heterocycles. The summed E-state index contributed by atoms with van der Waals surface area (Å²) >= 11 is 27.3. The standard InChI is InChI=1S/C28H16BrCl4N3O4/c29-17-3-10-25(40-28(39)22-9-5-19(31)13-24(22)33)16(11-17)14-34-36-26(37)15-1-6-20(7-2-15)35-27(38)21-8-4-18(30)12-23(21)32/h1-14H,(H,35,38)(H,36,37)/b34-14-. The van der Waals surface area contributed by atoms with Crippen LogP contribution in [0.5, 0.6) is 5.75 Å². The van der Waals surface area contributed by atoms with E-state index >= 15 is 0 Å². The first-order chi connectivity index (χ1) is 19.1. The van der Waals surface area contributed by atoms with Gasteiger partial charge in [0, 0.05) is 31.3 Å². The number of benzene rings is 4. The Kier molecular flexibility index (Phi) is 9.84. The molecule has 4 aromatic rings. The lowest BCUT2D eigenvalue weighted by Crippen LogP contribution is -2.18. The van der Waals surface area contributed by atoms with E-state index in [0.717, 1.165) is 0 Å². The SMILES string of the molecule is O=C(N/N=C\c1cc(Br)ccc1OC(=O)c1ccc(Cl)cc1Cl)c1ccc(NC(=O)c2ccc(Cl)cc2Cl)cc1. The number of anilines is 1. The molecule has 4 aromatic carbocycles. The monoisotopic (exact) mass is 677 g/mol. The lowest BCUT2D eigenvalue weighted by atomic mass is 10.1. The molecule has 0 fully saturated rings. The van der Waals surface area contributed by atoms with Gasteiger partial charge in [0.05, 0.1) is 27.4 Å². The molecule has 12 heteroatoms. The summed E-state index contributed by atoms with van der Waals surface area (Å²) in [5, 5.41) is 7.86. The van der Waals surface area contributed by atoms with Gasteiger partial charge in [-0.2, -0.15) is 5.10 Å². The van der Waals surface area contributed by atoms with Crippen LogP contribution in [0, 0.1) is 0 Å². The lowest BCUT2D eigenvalue weighted by Gasteiger charge is -2.09. The van der Waals surface area contributed by atoms with E-state index in [1.807, 2.05) is 0 Å². The normalized spacial score (nSPS) is 10.8. The van der Waals surface area contributed by atoms with Gasteiger partial charge in [-0.25, -0.2) is 10.2 Å². The average Bonchev–Trinajstić information content (AvgIpc) is 2.90. The summed E-state index contributed by atoms with van der Waals surface area (Å²) in [7, 11) is 0. The third-order valence-corrected chi connectivity index (χ3v) is 6.86. The van der Waals surface area contributed by atoms with Crippen LogP contribution in [-0.2, 0) is 0 Å². The van der Waals surface area contributed by atoms with Crippen LogP contribution in [0.15, 0.2) is 88.4 Å². The molecule has 2 amide bonds. The van der Waals surface area contributed by atoms with Crippen molar-refractivity contribution in [3.8, 4) is 5.75 Å². The van der Waals surface area contributed by atoms with Crippen LogP contribution in [-0.4, -0.2) is 24.0 Å². The molecule has 0 aliphatic heterocycles. The Bertz CT molecular complexity index is 1650. The van der Waals surface area contributed by atoms with Gasteiger partial charge in [0.1, 0.15) is 5.75 Å². The lowest BCUT2D eigenvalue weighted by molar-refractivity contribution is 0.0734. The summed E-state index contributed by atoms with van der Waals surface area (Å²) in [6.45, 7) is 0. The first kappa shape index (κ1) is 29.6. The minimum Gasteiger partial charge on any atom is -0.422 e. The molecule has 40 heavy (non-hydrogen) atoms. The van der Waals surface area contributed by atoms with Gasteiger partial charge in [-0.05, 0) is 78.9 Å². The third-order valence-electron chi connectivity index (χ3n) is 5.28. The molecule has 0 spiro atoms. The Morgan fingerprint density at radius 1 is 0.750 bits per heavy atom. The van der Waals surface area contributed by atoms with Crippen molar-refractivity contribution in [2.75, 3.05) is 5.32 Å². The predicted octanol–water partition coefficient (Wildman–Crippen LogP) is 8.30. The first-order valence-electron chi connectivity index (χ1n) is 11.3. The van der Waals surface area contributed by atoms with Crippen molar-refractivity contribution in [1.82, 2.24) is 5.43 Å². The van der Waals surface area contributed by atoms with Crippen molar-refractivity contribution in [2.24, 2.45) is 5.10 Å². The zero-order chi connectivity index (χ0) is 28.8. The van der Waals surface area contributed by atoms with Crippen LogP contribution in [0.2, 0.25) is 20.1 Å². The second kappa shape index (κ2) is 13.3. The van der Waals surface area contributed by atoms with Gasteiger partial charge in [-0.3, -0.25) is 9.59 Å². The maximum absolute atomic E-state index is 12.6. The van der Waals surface area contributed by atoms with Crippen LogP contribution in [0.25, 0.3) is 0 Å². The fraction of sp³-hybridized carbons (Fsp3) is 0. The van der Waals surface area contributed by atoms with Crippen LogP contribution < -0.4 is 15.5 Å². The molecular formula is C28H16BrCl4N3O4. The summed E-state index contributed by atoms with van der Waals surface area (Å²) < 4.78 is 6.20. The molecule has 0 saturated carbocycles. The number of carbonyl (C=O) groups is 3. The highest BCUT2D eigenvalue weighted by Crippen LogP contribution is 2.26. The van der Waals surface area contributed by atoms with Gasteiger partial charge in [-0.15, -0.1) is 0 Å². The Hall–Kier alpha value is -3.40. The number of halogens is 5. The van der Waals surface area contributed by atoms with E-state index in [1.54, 1.807) is 36.4 Å². The Balaban J connectivity index is 1.40. The van der Waals surface area contributed by atoms with E-state index in [-0.39, 0.29) is 32.5 Å². The number of ether oxygens (including phenoxy) is 1. The molecule has 0 aliphatic carbocycles. The molecular weight excluding hydrogens is 664 g/mol. The molecule has 0 radical (unpaired) electrons. The molecule has 0 saturated heterocycles. The van der Waals surface area contributed by atoms with Crippen LogP contribution in [0.3, 0.4) is 0 Å². The van der Waals surface area contributed by atoms with Gasteiger partial charge >= 0.3 is 5.97 Å². The maximum atomic E-state index is 12.6. The van der Waals surface area contributed by atoms with Gasteiger partial charge in [-0.1, -0.05) is 62.3 Å². The number of nitrogens with one attached hydrogen (secondary N) is 2. The quantitative estimate of drug-likeness (QED) is 0.0889. The predicted molar refractivity (Wildman–Crippen MR) is 161 cm³/mol. The fourth-order valence-corrected chi connectivity index (χ4v) is 4.68. The number of carbonyl (C=O) groups excluding carboxylic acids is 3. The van der Waals surface area contributed by atoms with Crippen LogP contribution >= 0.6 is 62.3 Å². The van der Waals surface area contributed by atoms with Gasteiger partial charge in [0.15, 0.2) is 0 Å². The van der Waals surface area contributed by atoms with Crippen molar-refractivity contribution in [2.45, 2.75) is 0 Å². The van der Waals surface area contributed by atoms with Gasteiger partial charge in [0.2, 0.25) is 0 Å².